The van der Waals surface area contributed by atoms with Gasteiger partial charge in [0.15, 0.2) is 0 Å². The van der Waals surface area contributed by atoms with Crippen molar-refractivity contribution in [1.29, 1.82) is 0 Å². The summed E-state index contributed by atoms with van der Waals surface area (Å²) in [5, 5.41) is 0. The van der Waals surface area contributed by atoms with Gasteiger partial charge in [0.05, 0.1) is 5.41 Å². The van der Waals surface area contributed by atoms with Gasteiger partial charge in [-0.3, -0.25) is 0 Å². The fraction of sp³-hybridized carbons (Fsp3) is 0.500. The molecule has 16 heavy (non-hydrogen) atoms. The lowest BCUT2D eigenvalue weighted by atomic mass is 9.75. The standard InChI is InChI=1S/C14H18O2/c1-2-12-3-5-13(6-4-12)14(11-15)7-9-16-10-8-14/h3-6,11H,2,7-10H2,1H3. The van der Waals surface area contributed by atoms with E-state index in [9.17, 15) is 4.79 Å². The maximum atomic E-state index is 11.4. The monoisotopic (exact) mass is 218 g/mol. The second kappa shape index (κ2) is 4.79. The highest BCUT2D eigenvalue weighted by Gasteiger charge is 2.33. The van der Waals surface area contributed by atoms with E-state index in [0.717, 1.165) is 31.1 Å². The lowest BCUT2D eigenvalue weighted by molar-refractivity contribution is -0.115. The Bertz CT molecular complexity index is 348. The second-order valence-electron chi connectivity index (χ2n) is 4.44. The molecule has 2 nitrogen and oxygen atoms in total. The second-order valence-corrected chi connectivity index (χ2v) is 4.44. The van der Waals surface area contributed by atoms with E-state index in [1.54, 1.807) is 0 Å². The molecule has 0 amide bonds. The van der Waals surface area contributed by atoms with Crippen LogP contribution in [0.4, 0.5) is 0 Å². The summed E-state index contributed by atoms with van der Waals surface area (Å²) in [6.45, 7) is 3.52. The third-order valence-corrected chi connectivity index (χ3v) is 3.55. The van der Waals surface area contributed by atoms with E-state index in [0.29, 0.717) is 13.2 Å². The maximum Gasteiger partial charge on any atom is 0.130 e. The third-order valence-electron chi connectivity index (χ3n) is 3.55. The summed E-state index contributed by atoms with van der Waals surface area (Å²) < 4.78 is 5.33. The molecule has 86 valence electrons. The van der Waals surface area contributed by atoms with E-state index in [1.165, 1.54) is 5.56 Å². The zero-order valence-corrected chi connectivity index (χ0v) is 9.74. The van der Waals surface area contributed by atoms with Crippen LogP contribution in [0.5, 0.6) is 0 Å². The van der Waals surface area contributed by atoms with Crippen LogP contribution in [-0.2, 0) is 21.4 Å². The molecule has 0 saturated carbocycles. The Labute approximate surface area is 96.6 Å². The number of carbonyl (C=O) groups is 1. The van der Waals surface area contributed by atoms with Gasteiger partial charge in [-0.05, 0) is 30.4 Å². The van der Waals surface area contributed by atoms with Crippen LogP contribution in [0.1, 0.15) is 30.9 Å². The number of benzene rings is 1. The van der Waals surface area contributed by atoms with Gasteiger partial charge in [0, 0.05) is 13.2 Å². The van der Waals surface area contributed by atoms with Crippen molar-refractivity contribution >= 4 is 6.29 Å². The van der Waals surface area contributed by atoms with Crippen LogP contribution < -0.4 is 0 Å². The molecule has 1 aromatic carbocycles. The number of hydrogen-bond acceptors (Lipinski definition) is 2. The molecule has 1 aliphatic heterocycles. The summed E-state index contributed by atoms with van der Waals surface area (Å²) in [6, 6.07) is 8.43. The largest absolute Gasteiger partial charge is 0.381 e. The number of ether oxygens (including phenoxy) is 1. The molecule has 2 heteroatoms. The topological polar surface area (TPSA) is 26.3 Å². The van der Waals surface area contributed by atoms with Gasteiger partial charge in [-0.15, -0.1) is 0 Å². The molecule has 0 bridgehead atoms. The number of aryl methyl sites for hydroxylation is 1. The molecule has 1 saturated heterocycles. The Morgan fingerprint density at radius 3 is 2.38 bits per heavy atom. The minimum absolute atomic E-state index is 0.301. The van der Waals surface area contributed by atoms with Gasteiger partial charge in [0.25, 0.3) is 0 Å². The third kappa shape index (κ3) is 2.03. The Balaban J connectivity index is 2.28. The summed E-state index contributed by atoms with van der Waals surface area (Å²) in [4.78, 5) is 11.4. The summed E-state index contributed by atoms with van der Waals surface area (Å²) in [7, 11) is 0. The summed E-state index contributed by atoms with van der Waals surface area (Å²) in [5.41, 5.74) is 2.16. The molecule has 1 fully saturated rings. The molecule has 0 atom stereocenters. The normalized spacial score (nSPS) is 19.3. The van der Waals surface area contributed by atoms with Crippen molar-refractivity contribution in [3.63, 3.8) is 0 Å². The fourth-order valence-electron chi connectivity index (χ4n) is 2.28. The summed E-state index contributed by atoms with van der Waals surface area (Å²) >= 11 is 0. The number of rotatable bonds is 3. The molecule has 0 spiro atoms. The first-order chi connectivity index (χ1) is 7.80. The average Bonchev–Trinajstić information content (AvgIpc) is 2.39. The van der Waals surface area contributed by atoms with Gasteiger partial charge in [0.2, 0.25) is 0 Å². The van der Waals surface area contributed by atoms with Gasteiger partial charge in [0.1, 0.15) is 6.29 Å². The fourth-order valence-corrected chi connectivity index (χ4v) is 2.28. The van der Waals surface area contributed by atoms with Gasteiger partial charge in [-0.25, -0.2) is 0 Å². The number of aldehydes is 1. The van der Waals surface area contributed by atoms with Gasteiger partial charge in [-0.2, -0.15) is 0 Å². The Morgan fingerprint density at radius 2 is 1.88 bits per heavy atom. The predicted octanol–water partition coefficient (Wildman–Crippen LogP) is 2.50. The van der Waals surface area contributed by atoms with Crippen LogP contribution in [0.3, 0.4) is 0 Å². The van der Waals surface area contributed by atoms with Crippen molar-refractivity contribution in [2.45, 2.75) is 31.6 Å². The van der Waals surface area contributed by atoms with Crippen LogP contribution in [0, 0.1) is 0 Å². The molecule has 0 unspecified atom stereocenters. The molecule has 1 heterocycles. The molecular weight excluding hydrogens is 200 g/mol. The molecular formula is C14H18O2. The van der Waals surface area contributed by atoms with E-state index < -0.39 is 0 Å². The van der Waals surface area contributed by atoms with Crippen molar-refractivity contribution in [3.8, 4) is 0 Å². The predicted molar refractivity (Wildman–Crippen MR) is 63.6 cm³/mol. The highest BCUT2D eigenvalue weighted by atomic mass is 16.5. The molecule has 0 N–H and O–H groups in total. The first kappa shape index (κ1) is 11.3. The lowest BCUT2D eigenvalue weighted by Gasteiger charge is -2.32. The zero-order chi connectivity index (χ0) is 11.4. The first-order valence-electron chi connectivity index (χ1n) is 5.94. The Morgan fingerprint density at radius 1 is 1.25 bits per heavy atom. The van der Waals surface area contributed by atoms with Crippen molar-refractivity contribution in [3.05, 3.63) is 35.4 Å². The molecule has 0 radical (unpaired) electrons. The van der Waals surface area contributed by atoms with Crippen LogP contribution >= 0.6 is 0 Å². The summed E-state index contributed by atoms with van der Waals surface area (Å²) in [6.07, 6.45) is 3.76. The minimum atomic E-state index is -0.301. The van der Waals surface area contributed by atoms with Crippen molar-refractivity contribution in [1.82, 2.24) is 0 Å². The SMILES string of the molecule is CCc1ccc(C2(C=O)CCOCC2)cc1. The Hall–Kier alpha value is -1.15. The van der Waals surface area contributed by atoms with Crippen LogP contribution in [-0.4, -0.2) is 19.5 Å². The highest BCUT2D eigenvalue weighted by molar-refractivity contribution is 5.68. The quantitative estimate of drug-likeness (QED) is 0.729. The number of hydrogen-bond donors (Lipinski definition) is 0. The van der Waals surface area contributed by atoms with Crippen LogP contribution in [0.25, 0.3) is 0 Å². The van der Waals surface area contributed by atoms with Crippen LogP contribution in [0.15, 0.2) is 24.3 Å². The minimum Gasteiger partial charge on any atom is -0.381 e. The molecule has 1 aromatic rings. The highest BCUT2D eigenvalue weighted by Crippen LogP contribution is 2.32. The Kier molecular flexibility index (Phi) is 3.39. The van der Waals surface area contributed by atoms with E-state index in [-0.39, 0.29) is 5.41 Å². The van der Waals surface area contributed by atoms with Gasteiger partial charge >= 0.3 is 0 Å². The van der Waals surface area contributed by atoms with Gasteiger partial charge < -0.3 is 9.53 Å². The van der Waals surface area contributed by atoms with Crippen molar-refractivity contribution < 1.29 is 9.53 Å². The van der Waals surface area contributed by atoms with E-state index in [1.807, 2.05) is 0 Å². The zero-order valence-electron chi connectivity index (χ0n) is 9.74. The maximum absolute atomic E-state index is 11.4. The van der Waals surface area contributed by atoms with Crippen molar-refractivity contribution in [2.75, 3.05) is 13.2 Å². The smallest absolute Gasteiger partial charge is 0.130 e. The van der Waals surface area contributed by atoms with Crippen LogP contribution in [0.2, 0.25) is 0 Å². The molecule has 2 rings (SSSR count). The van der Waals surface area contributed by atoms with Crippen molar-refractivity contribution in [2.24, 2.45) is 0 Å². The molecule has 0 aromatic heterocycles. The van der Waals surface area contributed by atoms with E-state index >= 15 is 0 Å². The van der Waals surface area contributed by atoms with Gasteiger partial charge in [-0.1, -0.05) is 31.2 Å². The summed E-state index contributed by atoms with van der Waals surface area (Å²) in [5.74, 6) is 0. The molecule has 1 aliphatic rings. The first-order valence-corrected chi connectivity index (χ1v) is 5.94. The van der Waals surface area contributed by atoms with E-state index in [4.69, 9.17) is 4.74 Å². The molecule has 0 aliphatic carbocycles. The average molecular weight is 218 g/mol. The number of carbonyl (C=O) groups excluding carboxylic acids is 1. The lowest BCUT2D eigenvalue weighted by Crippen LogP contribution is -2.35. The van der Waals surface area contributed by atoms with E-state index in [2.05, 4.69) is 31.2 Å².